The summed E-state index contributed by atoms with van der Waals surface area (Å²) in [5, 5.41) is 6.14. The molecule has 2 rings (SSSR count). The van der Waals surface area contributed by atoms with E-state index in [9.17, 15) is 9.59 Å². The topological polar surface area (TPSA) is 67.4 Å². The van der Waals surface area contributed by atoms with Gasteiger partial charge in [0.1, 0.15) is 5.75 Å². The summed E-state index contributed by atoms with van der Waals surface area (Å²) in [7, 11) is 0. The van der Waals surface area contributed by atoms with Gasteiger partial charge in [-0.05, 0) is 52.3 Å². The number of carbonyl (C=O) groups is 2. The second-order valence-electron chi connectivity index (χ2n) is 6.70. The van der Waals surface area contributed by atoms with Crippen molar-refractivity contribution in [2.75, 3.05) is 17.2 Å². The van der Waals surface area contributed by atoms with Crippen LogP contribution in [-0.4, -0.2) is 18.4 Å². The highest BCUT2D eigenvalue weighted by molar-refractivity contribution is 9.10. The maximum Gasteiger partial charge on any atom is 0.262 e. The monoisotopic (exact) mass is 438 g/mol. The lowest BCUT2D eigenvalue weighted by Crippen LogP contribution is -2.27. The maximum atomic E-state index is 12.1. The van der Waals surface area contributed by atoms with Crippen molar-refractivity contribution < 1.29 is 14.3 Å². The minimum absolute atomic E-state index is 0.100. The summed E-state index contributed by atoms with van der Waals surface area (Å²) in [5.41, 5.74) is 0.684. The van der Waals surface area contributed by atoms with E-state index in [4.69, 9.17) is 16.3 Å². The summed E-state index contributed by atoms with van der Waals surface area (Å²) in [6.07, 6.45) is 0. The van der Waals surface area contributed by atoms with Gasteiger partial charge in [-0.1, -0.05) is 38.4 Å². The molecule has 2 amide bonds. The predicted octanol–water partition coefficient (Wildman–Crippen LogP) is 5.10. The summed E-state index contributed by atoms with van der Waals surface area (Å²) < 4.78 is 6.15. The van der Waals surface area contributed by atoms with E-state index in [0.717, 1.165) is 0 Å². The van der Waals surface area contributed by atoms with Gasteiger partial charge in [-0.15, -0.1) is 0 Å². The van der Waals surface area contributed by atoms with Gasteiger partial charge in [0.05, 0.1) is 4.47 Å². The third kappa shape index (κ3) is 6.04. The zero-order valence-electron chi connectivity index (χ0n) is 14.7. The molecule has 7 heteroatoms. The quantitative estimate of drug-likeness (QED) is 0.681. The van der Waals surface area contributed by atoms with E-state index in [1.807, 2.05) is 20.8 Å². The Morgan fingerprint density at radius 3 is 2.35 bits per heavy atom. The highest BCUT2D eigenvalue weighted by atomic mass is 79.9. The van der Waals surface area contributed by atoms with Gasteiger partial charge in [-0.25, -0.2) is 0 Å². The van der Waals surface area contributed by atoms with Crippen LogP contribution in [0.5, 0.6) is 5.75 Å². The van der Waals surface area contributed by atoms with Crippen LogP contribution in [0.4, 0.5) is 11.4 Å². The van der Waals surface area contributed by atoms with Crippen LogP contribution < -0.4 is 15.4 Å². The maximum absolute atomic E-state index is 12.1. The minimum atomic E-state index is -0.501. The summed E-state index contributed by atoms with van der Waals surface area (Å²) >= 11 is 9.20. The van der Waals surface area contributed by atoms with Crippen molar-refractivity contribution in [2.45, 2.75) is 20.8 Å². The fourth-order valence-electron chi connectivity index (χ4n) is 1.93. The second kappa shape index (κ2) is 8.56. The van der Waals surface area contributed by atoms with E-state index < -0.39 is 5.41 Å². The number of amides is 2. The molecule has 0 saturated carbocycles. The minimum Gasteiger partial charge on any atom is -0.483 e. The molecule has 2 aromatic carbocycles. The van der Waals surface area contributed by atoms with Gasteiger partial charge in [0.2, 0.25) is 5.91 Å². The smallest absolute Gasteiger partial charge is 0.262 e. The first-order valence-electron chi connectivity index (χ1n) is 7.94. The molecule has 0 spiro atoms. The highest BCUT2D eigenvalue weighted by Gasteiger charge is 2.21. The van der Waals surface area contributed by atoms with E-state index in [0.29, 0.717) is 26.6 Å². The normalized spacial score (nSPS) is 11.0. The van der Waals surface area contributed by atoms with E-state index in [-0.39, 0.29) is 18.4 Å². The van der Waals surface area contributed by atoms with Crippen molar-refractivity contribution in [3.8, 4) is 5.75 Å². The lowest BCUT2D eigenvalue weighted by atomic mass is 9.95. The predicted molar refractivity (Wildman–Crippen MR) is 108 cm³/mol. The average molecular weight is 440 g/mol. The molecule has 0 heterocycles. The van der Waals surface area contributed by atoms with Crippen LogP contribution >= 0.6 is 27.5 Å². The zero-order valence-corrected chi connectivity index (χ0v) is 17.1. The Morgan fingerprint density at radius 2 is 1.73 bits per heavy atom. The Kier molecular flexibility index (Phi) is 6.67. The molecule has 26 heavy (non-hydrogen) atoms. The molecule has 0 aliphatic heterocycles. The first-order valence-corrected chi connectivity index (χ1v) is 9.11. The molecule has 0 bridgehead atoms. The number of benzene rings is 2. The Labute approximate surface area is 166 Å². The molecule has 2 aromatic rings. The third-order valence-corrected chi connectivity index (χ3v) is 4.19. The largest absolute Gasteiger partial charge is 0.483 e. The Balaban J connectivity index is 1.94. The van der Waals surface area contributed by atoms with Crippen LogP contribution in [0.2, 0.25) is 5.02 Å². The van der Waals surface area contributed by atoms with Crippen molar-refractivity contribution in [1.29, 1.82) is 0 Å². The summed E-state index contributed by atoms with van der Waals surface area (Å²) in [5.74, 6) is 0.110. The summed E-state index contributed by atoms with van der Waals surface area (Å²) in [4.78, 5) is 24.1. The van der Waals surface area contributed by atoms with Crippen LogP contribution in [-0.2, 0) is 9.59 Å². The van der Waals surface area contributed by atoms with Crippen molar-refractivity contribution in [1.82, 2.24) is 0 Å². The molecule has 0 fully saturated rings. The molecule has 0 saturated heterocycles. The van der Waals surface area contributed by atoms with Crippen LogP contribution in [0.15, 0.2) is 46.9 Å². The molecule has 0 radical (unpaired) electrons. The van der Waals surface area contributed by atoms with Crippen LogP contribution in [0, 0.1) is 5.41 Å². The fraction of sp³-hybridized carbons (Fsp3) is 0.263. The van der Waals surface area contributed by atoms with Gasteiger partial charge in [-0.3, -0.25) is 9.59 Å². The summed E-state index contributed by atoms with van der Waals surface area (Å²) in [6, 6.07) is 12.0. The molecular weight excluding hydrogens is 420 g/mol. The van der Waals surface area contributed by atoms with Crippen molar-refractivity contribution in [3.63, 3.8) is 0 Å². The highest BCUT2D eigenvalue weighted by Crippen LogP contribution is 2.28. The van der Waals surface area contributed by atoms with Gasteiger partial charge < -0.3 is 15.4 Å². The zero-order chi connectivity index (χ0) is 19.3. The standard InChI is InChI=1S/C19H20BrClN2O3/c1-19(2,3)18(25)23-14-6-4-5-13(10-14)22-17(24)11-26-16-8-7-12(21)9-15(16)20/h4-10H,11H2,1-3H3,(H,22,24)(H,23,25). The molecule has 0 unspecified atom stereocenters. The van der Waals surface area contributed by atoms with E-state index in [1.54, 1.807) is 42.5 Å². The molecule has 0 aromatic heterocycles. The molecule has 5 nitrogen and oxygen atoms in total. The lowest BCUT2D eigenvalue weighted by Gasteiger charge is -2.18. The number of anilines is 2. The van der Waals surface area contributed by atoms with E-state index >= 15 is 0 Å². The summed E-state index contributed by atoms with van der Waals surface area (Å²) in [6.45, 7) is 5.35. The fourth-order valence-corrected chi connectivity index (χ4v) is 2.72. The van der Waals surface area contributed by atoms with Gasteiger partial charge >= 0.3 is 0 Å². The Bertz CT molecular complexity index is 819. The third-order valence-electron chi connectivity index (χ3n) is 3.34. The van der Waals surface area contributed by atoms with Gasteiger partial charge in [-0.2, -0.15) is 0 Å². The molecule has 0 atom stereocenters. The lowest BCUT2D eigenvalue weighted by molar-refractivity contribution is -0.123. The van der Waals surface area contributed by atoms with Gasteiger partial charge in [0.25, 0.3) is 5.91 Å². The van der Waals surface area contributed by atoms with Crippen LogP contribution in [0.1, 0.15) is 20.8 Å². The molecule has 0 aliphatic carbocycles. The molecular formula is C19H20BrClN2O3. The number of hydrogen-bond acceptors (Lipinski definition) is 3. The van der Waals surface area contributed by atoms with Crippen molar-refractivity contribution in [3.05, 3.63) is 52.0 Å². The first-order chi connectivity index (χ1) is 12.1. The van der Waals surface area contributed by atoms with Crippen molar-refractivity contribution >= 4 is 50.7 Å². The van der Waals surface area contributed by atoms with Crippen molar-refractivity contribution in [2.24, 2.45) is 5.41 Å². The van der Waals surface area contributed by atoms with E-state index in [1.165, 1.54) is 0 Å². The Morgan fingerprint density at radius 1 is 1.08 bits per heavy atom. The number of carbonyl (C=O) groups excluding carboxylic acids is 2. The number of nitrogens with one attached hydrogen (secondary N) is 2. The number of halogens is 2. The molecule has 2 N–H and O–H groups in total. The number of rotatable bonds is 5. The number of hydrogen-bond donors (Lipinski definition) is 2. The number of ether oxygens (including phenoxy) is 1. The first kappa shape index (κ1) is 20.3. The molecule has 0 aliphatic rings. The van der Waals surface area contributed by atoms with Gasteiger partial charge in [0.15, 0.2) is 6.61 Å². The Hall–Kier alpha value is -2.05. The van der Waals surface area contributed by atoms with E-state index in [2.05, 4.69) is 26.6 Å². The van der Waals surface area contributed by atoms with Crippen LogP contribution in [0.25, 0.3) is 0 Å². The van der Waals surface area contributed by atoms with Gasteiger partial charge in [0, 0.05) is 21.8 Å². The van der Waals surface area contributed by atoms with Crippen LogP contribution in [0.3, 0.4) is 0 Å². The SMILES string of the molecule is CC(C)(C)C(=O)Nc1cccc(NC(=O)COc2ccc(Cl)cc2Br)c1. The second-order valence-corrected chi connectivity index (χ2v) is 7.99. The average Bonchev–Trinajstić information content (AvgIpc) is 2.53. The molecule has 138 valence electrons.